The summed E-state index contributed by atoms with van der Waals surface area (Å²) in [6.45, 7) is 2.32. The summed E-state index contributed by atoms with van der Waals surface area (Å²) >= 11 is 2.65. The highest BCUT2D eigenvalue weighted by Gasteiger charge is 2.19. The molecule has 0 aliphatic rings. The number of benzene rings is 3. The third-order valence-electron chi connectivity index (χ3n) is 5.24. The maximum atomic E-state index is 14.1. The number of halogens is 1. The molecule has 2 heterocycles. The van der Waals surface area contributed by atoms with Crippen LogP contribution in [0, 0.1) is 12.7 Å². The number of hydrogen-bond donors (Lipinski definition) is 0. The van der Waals surface area contributed by atoms with Gasteiger partial charge in [-0.1, -0.05) is 71.6 Å². The smallest absolute Gasteiger partial charge is 0.291 e. The maximum absolute atomic E-state index is 14.1. The van der Waals surface area contributed by atoms with E-state index < -0.39 is 0 Å². The third kappa shape index (κ3) is 3.87. The van der Waals surface area contributed by atoms with Gasteiger partial charge in [-0.05, 0) is 42.3 Å². The van der Waals surface area contributed by atoms with Gasteiger partial charge < -0.3 is 0 Å². The molecule has 160 valence electrons. The molecule has 0 radical (unpaired) electrons. The average Bonchev–Trinajstić information content (AvgIpc) is 3.34. The first-order valence-corrected chi connectivity index (χ1v) is 11.9. The van der Waals surface area contributed by atoms with E-state index >= 15 is 0 Å². The molecule has 0 spiro atoms. The van der Waals surface area contributed by atoms with E-state index in [4.69, 9.17) is 0 Å². The molecular formula is C24H19FN4OS2. The Labute approximate surface area is 192 Å². The largest absolute Gasteiger partial charge is 0.308 e. The van der Waals surface area contributed by atoms with E-state index in [0.29, 0.717) is 28.8 Å². The van der Waals surface area contributed by atoms with Crippen LogP contribution >= 0.6 is 23.1 Å². The lowest BCUT2D eigenvalue weighted by Crippen LogP contribution is -2.17. The Balaban J connectivity index is 1.57. The summed E-state index contributed by atoms with van der Waals surface area (Å²) in [6, 6.07) is 22.4. The number of rotatable bonds is 6. The van der Waals surface area contributed by atoms with Crippen molar-refractivity contribution in [2.75, 3.05) is 0 Å². The van der Waals surface area contributed by atoms with Crippen molar-refractivity contribution in [1.82, 2.24) is 19.3 Å². The SMILES string of the molecule is Cc1ccccc1-n1c(Cn2c(=O)sc3ccccc32)nnc1SCc1ccccc1F. The van der Waals surface area contributed by atoms with Crippen LogP contribution in [0.2, 0.25) is 0 Å². The van der Waals surface area contributed by atoms with Crippen molar-refractivity contribution in [2.45, 2.75) is 24.4 Å². The predicted molar refractivity (Wildman–Crippen MR) is 127 cm³/mol. The van der Waals surface area contributed by atoms with Crippen LogP contribution in [0.3, 0.4) is 0 Å². The van der Waals surface area contributed by atoms with Gasteiger partial charge in [-0.3, -0.25) is 13.9 Å². The van der Waals surface area contributed by atoms with E-state index in [-0.39, 0.29) is 10.7 Å². The molecule has 0 fully saturated rings. The van der Waals surface area contributed by atoms with Crippen LogP contribution in [-0.4, -0.2) is 19.3 Å². The second-order valence-electron chi connectivity index (χ2n) is 7.32. The van der Waals surface area contributed by atoms with Crippen LogP contribution in [0.1, 0.15) is 17.0 Å². The van der Waals surface area contributed by atoms with Crippen molar-refractivity contribution >= 4 is 33.3 Å². The minimum Gasteiger partial charge on any atom is -0.291 e. The van der Waals surface area contributed by atoms with Crippen LogP contribution < -0.4 is 4.87 Å². The van der Waals surface area contributed by atoms with Crippen LogP contribution in [0.5, 0.6) is 0 Å². The molecule has 0 aliphatic carbocycles. The van der Waals surface area contributed by atoms with Gasteiger partial charge >= 0.3 is 4.87 Å². The van der Waals surface area contributed by atoms with Crippen molar-refractivity contribution in [3.63, 3.8) is 0 Å². The number of para-hydroxylation sites is 2. The Morgan fingerprint density at radius 1 is 0.969 bits per heavy atom. The van der Waals surface area contributed by atoms with Crippen LogP contribution in [0.25, 0.3) is 15.9 Å². The summed E-state index contributed by atoms with van der Waals surface area (Å²) in [6.07, 6.45) is 0. The molecule has 0 saturated heterocycles. The van der Waals surface area contributed by atoms with E-state index in [2.05, 4.69) is 10.2 Å². The van der Waals surface area contributed by atoms with E-state index in [1.807, 2.05) is 66.1 Å². The summed E-state index contributed by atoms with van der Waals surface area (Å²) in [5.41, 5.74) is 3.49. The highest BCUT2D eigenvalue weighted by atomic mass is 32.2. The fraction of sp³-hybridized carbons (Fsp3) is 0.125. The highest BCUT2D eigenvalue weighted by molar-refractivity contribution is 7.98. The molecule has 5 nitrogen and oxygen atoms in total. The van der Waals surface area contributed by atoms with Crippen LogP contribution in [-0.2, 0) is 12.3 Å². The standard InChI is InChI=1S/C24H19FN4OS2/c1-16-8-2-5-11-19(16)29-22(14-28-20-12-6-7-13-21(20)32-24(28)30)26-27-23(29)31-15-17-9-3-4-10-18(17)25/h2-13H,14-15H2,1H3. The Bertz CT molecular complexity index is 1470. The van der Waals surface area contributed by atoms with Crippen molar-refractivity contribution in [3.05, 3.63) is 105 Å². The second-order valence-corrected chi connectivity index (χ2v) is 9.26. The number of fused-ring (bicyclic) bond motifs is 1. The molecule has 0 saturated carbocycles. The maximum Gasteiger partial charge on any atom is 0.308 e. The fourth-order valence-electron chi connectivity index (χ4n) is 3.62. The molecule has 3 aromatic carbocycles. The quantitative estimate of drug-likeness (QED) is 0.316. The molecule has 0 amide bonds. The van der Waals surface area contributed by atoms with Gasteiger partial charge in [0, 0.05) is 5.75 Å². The zero-order valence-corrected chi connectivity index (χ0v) is 18.9. The van der Waals surface area contributed by atoms with Crippen molar-refractivity contribution in [2.24, 2.45) is 0 Å². The normalized spacial score (nSPS) is 11.3. The molecular weight excluding hydrogens is 443 g/mol. The molecule has 0 atom stereocenters. The van der Waals surface area contributed by atoms with Crippen LogP contribution in [0.15, 0.2) is 82.7 Å². The summed E-state index contributed by atoms with van der Waals surface area (Å²) in [4.78, 5) is 12.7. The Morgan fingerprint density at radius 2 is 1.72 bits per heavy atom. The Hall–Kier alpha value is -3.23. The van der Waals surface area contributed by atoms with Crippen LogP contribution in [0.4, 0.5) is 4.39 Å². The summed E-state index contributed by atoms with van der Waals surface area (Å²) < 4.78 is 18.8. The number of aryl methyl sites for hydroxylation is 1. The summed E-state index contributed by atoms with van der Waals surface area (Å²) in [5.74, 6) is 0.845. The highest BCUT2D eigenvalue weighted by Crippen LogP contribution is 2.28. The van der Waals surface area contributed by atoms with Gasteiger partial charge in [0.25, 0.3) is 0 Å². The van der Waals surface area contributed by atoms with Gasteiger partial charge in [0.1, 0.15) is 5.82 Å². The predicted octanol–water partition coefficient (Wildman–Crippen LogP) is 5.43. The minimum absolute atomic E-state index is 0.0360. The Morgan fingerprint density at radius 3 is 2.56 bits per heavy atom. The molecule has 8 heteroatoms. The van der Waals surface area contributed by atoms with Crippen molar-refractivity contribution in [3.8, 4) is 5.69 Å². The molecule has 32 heavy (non-hydrogen) atoms. The molecule has 0 bridgehead atoms. The monoisotopic (exact) mass is 462 g/mol. The zero-order chi connectivity index (χ0) is 22.1. The van der Waals surface area contributed by atoms with E-state index in [9.17, 15) is 9.18 Å². The Kier molecular flexibility index (Phi) is 5.63. The lowest BCUT2D eigenvalue weighted by molar-refractivity contribution is 0.617. The van der Waals surface area contributed by atoms with Crippen molar-refractivity contribution in [1.29, 1.82) is 0 Å². The summed E-state index contributed by atoms with van der Waals surface area (Å²) in [7, 11) is 0. The molecule has 0 aliphatic heterocycles. The zero-order valence-electron chi connectivity index (χ0n) is 17.2. The molecule has 2 aromatic heterocycles. The van der Waals surface area contributed by atoms with Crippen molar-refractivity contribution < 1.29 is 4.39 Å². The van der Waals surface area contributed by atoms with Gasteiger partial charge in [-0.15, -0.1) is 10.2 Å². The molecule has 0 N–H and O–H groups in total. The number of thioether (sulfide) groups is 1. The van der Waals surface area contributed by atoms with Gasteiger partial charge in [-0.25, -0.2) is 4.39 Å². The number of hydrogen-bond acceptors (Lipinski definition) is 5. The third-order valence-corrected chi connectivity index (χ3v) is 7.18. The molecule has 5 aromatic rings. The minimum atomic E-state index is -0.238. The van der Waals surface area contributed by atoms with Gasteiger partial charge in [0.2, 0.25) is 0 Å². The molecule has 5 rings (SSSR count). The first-order chi connectivity index (χ1) is 15.6. The molecule has 0 unspecified atom stereocenters. The summed E-state index contributed by atoms with van der Waals surface area (Å²) in [5, 5.41) is 9.50. The van der Waals surface area contributed by atoms with Gasteiger partial charge in [0.05, 0.1) is 22.4 Å². The topological polar surface area (TPSA) is 52.7 Å². The van der Waals surface area contributed by atoms with E-state index in [1.54, 1.807) is 16.7 Å². The van der Waals surface area contributed by atoms with E-state index in [1.165, 1.54) is 29.2 Å². The van der Waals surface area contributed by atoms with Gasteiger partial charge in [0.15, 0.2) is 11.0 Å². The van der Waals surface area contributed by atoms with Gasteiger partial charge in [-0.2, -0.15) is 0 Å². The number of thiazole rings is 1. The fourth-order valence-corrected chi connectivity index (χ4v) is 5.46. The first-order valence-electron chi connectivity index (χ1n) is 10.1. The average molecular weight is 463 g/mol. The lowest BCUT2D eigenvalue weighted by Gasteiger charge is -2.13. The first kappa shape index (κ1) is 20.7. The number of nitrogens with zero attached hydrogens (tertiary/aromatic N) is 4. The lowest BCUT2D eigenvalue weighted by atomic mass is 10.2. The second kappa shape index (κ2) is 8.72. The van der Waals surface area contributed by atoms with E-state index in [0.717, 1.165) is 21.5 Å². The number of aromatic nitrogens is 4.